The summed E-state index contributed by atoms with van der Waals surface area (Å²) in [5.74, 6) is 1.64. The molecule has 2 unspecified atom stereocenters. The fourth-order valence-corrected chi connectivity index (χ4v) is 3.29. The lowest BCUT2D eigenvalue weighted by molar-refractivity contribution is 0.0652. The maximum absolute atomic E-state index is 10.2. The van der Waals surface area contributed by atoms with Crippen LogP contribution in [0, 0.1) is 5.92 Å². The molecule has 4 nitrogen and oxygen atoms in total. The van der Waals surface area contributed by atoms with E-state index in [1.54, 1.807) is 0 Å². The van der Waals surface area contributed by atoms with Gasteiger partial charge in [0.25, 0.3) is 0 Å². The highest BCUT2D eigenvalue weighted by molar-refractivity contribution is 4.96. The maximum Gasteiger partial charge on any atom is 0.122 e. The smallest absolute Gasteiger partial charge is 0.122 e. The largest absolute Gasteiger partial charge is 0.393 e. The van der Waals surface area contributed by atoms with E-state index in [9.17, 15) is 5.11 Å². The van der Waals surface area contributed by atoms with Crippen molar-refractivity contribution in [2.45, 2.75) is 51.3 Å². The van der Waals surface area contributed by atoms with E-state index in [1.165, 1.54) is 31.5 Å². The zero-order valence-corrected chi connectivity index (χ0v) is 11.0. The summed E-state index contributed by atoms with van der Waals surface area (Å²) in [7, 11) is 0. The summed E-state index contributed by atoms with van der Waals surface area (Å²) in [5, 5.41) is 10.2. The molecule has 1 fully saturated rings. The Labute approximate surface area is 109 Å². The van der Waals surface area contributed by atoms with Crippen LogP contribution in [0.25, 0.3) is 0 Å². The molecule has 2 atom stereocenters. The second kappa shape index (κ2) is 5.41. The topological polar surface area (TPSA) is 41.3 Å². The molecule has 1 saturated carbocycles. The van der Waals surface area contributed by atoms with Crippen LogP contribution in [0.3, 0.4) is 0 Å². The van der Waals surface area contributed by atoms with E-state index < -0.39 is 0 Å². The van der Waals surface area contributed by atoms with Crippen molar-refractivity contribution in [2.24, 2.45) is 5.92 Å². The molecule has 1 aliphatic carbocycles. The Balaban J connectivity index is 1.60. The van der Waals surface area contributed by atoms with Gasteiger partial charge in [-0.15, -0.1) is 0 Å². The van der Waals surface area contributed by atoms with Crippen LogP contribution in [0.4, 0.5) is 0 Å². The summed E-state index contributed by atoms with van der Waals surface area (Å²) < 4.78 is 2.24. The maximum atomic E-state index is 10.2. The van der Waals surface area contributed by atoms with Crippen LogP contribution in [0.2, 0.25) is 0 Å². The number of aliphatic hydroxyl groups is 1. The van der Waals surface area contributed by atoms with Gasteiger partial charge in [-0.25, -0.2) is 4.98 Å². The van der Waals surface area contributed by atoms with Crippen molar-refractivity contribution in [1.82, 2.24) is 14.5 Å². The van der Waals surface area contributed by atoms with Crippen molar-refractivity contribution in [2.75, 3.05) is 13.1 Å². The van der Waals surface area contributed by atoms with E-state index in [-0.39, 0.29) is 6.10 Å². The van der Waals surface area contributed by atoms with Crippen molar-refractivity contribution in [3.63, 3.8) is 0 Å². The zero-order valence-electron chi connectivity index (χ0n) is 11.0. The number of aliphatic hydroxyl groups excluding tert-OH is 1. The van der Waals surface area contributed by atoms with E-state index in [4.69, 9.17) is 0 Å². The lowest BCUT2D eigenvalue weighted by Crippen LogP contribution is -2.39. The van der Waals surface area contributed by atoms with Crippen molar-refractivity contribution < 1.29 is 5.11 Å². The molecule has 0 amide bonds. The van der Waals surface area contributed by atoms with Crippen molar-refractivity contribution in [1.29, 1.82) is 0 Å². The highest BCUT2D eigenvalue weighted by atomic mass is 16.3. The van der Waals surface area contributed by atoms with Crippen LogP contribution in [0.15, 0.2) is 12.4 Å². The fraction of sp³-hybridized carbons (Fsp3) is 0.786. The lowest BCUT2D eigenvalue weighted by atomic mass is 9.96. The highest BCUT2D eigenvalue weighted by Gasteiger charge is 2.25. The number of nitrogens with zero attached hydrogens (tertiary/aromatic N) is 3. The second-order valence-electron chi connectivity index (χ2n) is 5.74. The molecule has 0 aromatic carbocycles. The molecule has 2 aliphatic rings. The molecular formula is C14H23N3O. The molecule has 0 spiro atoms. The number of hydrogen-bond donors (Lipinski definition) is 1. The van der Waals surface area contributed by atoms with Gasteiger partial charge in [-0.1, -0.05) is 19.3 Å². The molecule has 18 heavy (non-hydrogen) atoms. The zero-order chi connectivity index (χ0) is 12.4. The van der Waals surface area contributed by atoms with Gasteiger partial charge in [0.2, 0.25) is 0 Å². The van der Waals surface area contributed by atoms with Crippen LogP contribution in [0.1, 0.15) is 37.9 Å². The molecule has 1 aromatic rings. The Morgan fingerprint density at radius 2 is 2.11 bits per heavy atom. The first-order chi connectivity index (χ1) is 8.83. The van der Waals surface area contributed by atoms with E-state index in [1.807, 2.05) is 6.20 Å². The molecule has 0 bridgehead atoms. The fourth-order valence-electron chi connectivity index (χ4n) is 3.29. The van der Waals surface area contributed by atoms with Crippen molar-refractivity contribution in [3.05, 3.63) is 18.2 Å². The van der Waals surface area contributed by atoms with Gasteiger partial charge in [0.1, 0.15) is 5.82 Å². The molecule has 4 heteroatoms. The molecule has 1 aromatic heterocycles. The molecule has 0 radical (unpaired) electrons. The molecular weight excluding hydrogens is 226 g/mol. The van der Waals surface area contributed by atoms with Gasteiger partial charge < -0.3 is 9.67 Å². The molecule has 1 aliphatic heterocycles. The number of aromatic nitrogens is 2. The highest BCUT2D eigenvalue weighted by Crippen LogP contribution is 2.25. The summed E-state index contributed by atoms with van der Waals surface area (Å²) >= 11 is 0. The molecule has 0 saturated heterocycles. The quantitative estimate of drug-likeness (QED) is 0.810. The molecule has 3 rings (SSSR count). The summed E-state index contributed by atoms with van der Waals surface area (Å²) in [6.45, 7) is 4.11. The van der Waals surface area contributed by atoms with Gasteiger partial charge in [0.05, 0.1) is 12.6 Å². The Bertz CT molecular complexity index is 390. The van der Waals surface area contributed by atoms with Gasteiger partial charge in [-0.3, -0.25) is 4.90 Å². The minimum Gasteiger partial charge on any atom is -0.393 e. The van der Waals surface area contributed by atoms with E-state index in [0.717, 1.165) is 32.6 Å². The lowest BCUT2D eigenvalue weighted by Gasteiger charge is -2.32. The number of rotatable bonds is 2. The summed E-state index contributed by atoms with van der Waals surface area (Å²) in [4.78, 5) is 6.86. The van der Waals surface area contributed by atoms with Gasteiger partial charge in [0, 0.05) is 32.0 Å². The van der Waals surface area contributed by atoms with Gasteiger partial charge in [0.15, 0.2) is 0 Å². The normalized spacial score (nSPS) is 29.8. The Morgan fingerprint density at radius 3 is 3.06 bits per heavy atom. The SMILES string of the molecule is OC1CCCCCC1CN1CCn2ccnc2C1. The summed E-state index contributed by atoms with van der Waals surface area (Å²) in [6.07, 6.45) is 9.81. The predicted octanol–water partition coefficient (Wildman–Crippen LogP) is 1.64. The monoisotopic (exact) mass is 249 g/mol. The molecule has 100 valence electrons. The Kier molecular flexibility index (Phi) is 3.66. The number of hydrogen-bond acceptors (Lipinski definition) is 3. The second-order valence-corrected chi connectivity index (χ2v) is 5.74. The Hall–Kier alpha value is -0.870. The van der Waals surface area contributed by atoms with Gasteiger partial charge >= 0.3 is 0 Å². The number of fused-ring (bicyclic) bond motifs is 1. The van der Waals surface area contributed by atoms with E-state index >= 15 is 0 Å². The first-order valence-corrected chi connectivity index (χ1v) is 7.23. The third kappa shape index (κ3) is 2.59. The third-order valence-corrected chi connectivity index (χ3v) is 4.44. The standard InChI is InChI=1S/C14H23N3O/c18-13-5-3-1-2-4-12(13)10-16-8-9-17-7-6-15-14(17)11-16/h6-7,12-13,18H,1-5,8-11H2. The summed E-state index contributed by atoms with van der Waals surface area (Å²) in [5.41, 5.74) is 0. The average molecular weight is 249 g/mol. The van der Waals surface area contributed by atoms with Crippen molar-refractivity contribution >= 4 is 0 Å². The van der Waals surface area contributed by atoms with Crippen molar-refractivity contribution in [3.8, 4) is 0 Å². The third-order valence-electron chi connectivity index (χ3n) is 4.44. The Morgan fingerprint density at radius 1 is 1.22 bits per heavy atom. The first-order valence-electron chi connectivity index (χ1n) is 7.23. The van der Waals surface area contributed by atoms with E-state index in [0.29, 0.717) is 5.92 Å². The molecule has 2 heterocycles. The minimum absolute atomic E-state index is 0.0887. The van der Waals surface area contributed by atoms with Crippen LogP contribution in [-0.4, -0.2) is 38.8 Å². The van der Waals surface area contributed by atoms with Crippen LogP contribution < -0.4 is 0 Å². The minimum atomic E-state index is -0.0887. The van der Waals surface area contributed by atoms with Crippen LogP contribution in [0.5, 0.6) is 0 Å². The van der Waals surface area contributed by atoms with E-state index in [2.05, 4.69) is 20.6 Å². The average Bonchev–Trinajstić information content (AvgIpc) is 2.75. The van der Waals surface area contributed by atoms with Gasteiger partial charge in [-0.05, 0) is 18.8 Å². The van der Waals surface area contributed by atoms with Crippen LogP contribution >= 0.6 is 0 Å². The molecule has 1 N–H and O–H groups in total. The number of imidazole rings is 1. The van der Waals surface area contributed by atoms with Crippen LogP contribution in [-0.2, 0) is 13.1 Å². The predicted molar refractivity (Wildman–Crippen MR) is 70.1 cm³/mol. The van der Waals surface area contributed by atoms with Gasteiger partial charge in [-0.2, -0.15) is 0 Å². The summed E-state index contributed by atoms with van der Waals surface area (Å²) in [6, 6.07) is 0. The first kappa shape index (κ1) is 12.2.